The van der Waals surface area contributed by atoms with Crippen LogP contribution < -0.4 is 15.5 Å². The lowest BCUT2D eigenvalue weighted by Crippen LogP contribution is -2.48. The maximum Gasteiger partial charge on any atom is 0.257 e. The lowest BCUT2D eigenvalue weighted by Gasteiger charge is -2.27. The predicted octanol–water partition coefficient (Wildman–Crippen LogP) is 2.33. The summed E-state index contributed by atoms with van der Waals surface area (Å²) >= 11 is 0. The molecule has 2 N–H and O–H groups in total. The Hall–Kier alpha value is -3.55. The molecule has 1 saturated heterocycles. The van der Waals surface area contributed by atoms with Gasteiger partial charge >= 0.3 is 0 Å². The maximum absolute atomic E-state index is 12.8. The number of aryl methyl sites for hydroxylation is 1. The molecule has 2 amide bonds. The Bertz CT molecular complexity index is 1020. The zero-order valence-electron chi connectivity index (χ0n) is 16.4. The Labute approximate surface area is 168 Å². The van der Waals surface area contributed by atoms with Gasteiger partial charge in [0.25, 0.3) is 5.91 Å². The van der Waals surface area contributed by atoms with Crippen molar-refractivity contribution in [2.24, 2.45) is 0 Å². The van der Waals surface area contributed by atoms with Crippen LogP contribution in [0.5, 0.6) is 0 Å². The van der Waals surface area contributed by atoms with Gasteiger partial charge in [-0.1, -0.05) is 0 Å². The highest BCUT2D eigenvalue weighted by molar-refractivity contribution is 6.05. The van der Waals surface area contributed by atoms with Crippen molar-refractivity contribution < 1.29 is 14.0 Å². The van der Waals surface area contributed by atoms with Crippen molar-refractivity contribution in [1.29, 1.82) is 0 Å². The molecule has 1 aliphatic heterocycles. The molecular weight excluding hydrogens is 370 g/mol. The van der Waals surface area contributed by atoms with E-state index >= 15 is 0 Å². The Morgan fingerprint density at radius 3 is 2.86 bits per heavy atom. The molecule has 150 valence electrons. The molecule has 3 aromatic heterocycles. The number of piperazine rings is 1. The summed E-state index contributed by atoms with van der Waals surface area (Å²) in [6, 6.07) is 9.26. The van der Waals surface area contributed by atoms with E-state index in [0.29, 0.717) is 37.4 Å². The van der Waals surface area contributed by atoms with Crippen LogP contribution in [0.25, 0.3) is 0 Å². The number of aromatic nitrogens is 2. The lowest BCUT2D eigenvalue weighted by atomic mass is 10.2. The number of nitrogens with one attached hydrogen (secondary N) is 2. The molecule has 0 bridgehead atoms. The van der Waals surface area contributed by atoms with E-state index in [1.807, 2.05) is 43.0 Å². The summed E-state index contributed by atoms with van der Waals surface area (Å²) in [6.07, 6.45) is 3.26. The second-order valence-corrected chi connectivity index (χ2v) is 7.08. The molecule has 0 aromatic carbocycles. The van der Waals surface area contributed by atoms with Gasteiger partial charge in [-0.25, -0.2) is 4.98 Å². The van der Waals surface area contributed by atoms with Crippen molar-refractivity contribution in [1.82, 2.24) is 14.9 Å². The van der Waals surface area contributed by atoms with Gasteiger partial charge in [0.2, 0.25) is 5.91 Å². The third-order valence-corrected chi connectivity index (χ3v) is 5.08. The summed E-state index contributed by atoms with van der Waals surface area (Å²) < 4.78 is 7.47. The normalized spacial score (nSPS) is 14.0. The fourth-order valence-corrected chi connectivity index (χ4v) is 3.51. The standard InChI is InChI=1S/C21H23N5O3/c1-14-10-18(15(2)26(14)12-17-4-3-9-29-17)21(28)24-16-5-6-19(23-11-16)25-8-7-22-20(27)13-25/h3-6,9-11H,7-8,12-13H2,1-2H3,(H,22,27)(H,24,28). The van der Waals surface area contributed by atoms with E-state index in [1.54, 1.807) is 18.5 Å². The van der Waals surface area contributed by atoms with E-state index in [0.717, 1.165) is 23.0 Å². The Morgan fingerprint density at radius 1 is 1.31 bits per heavy atom. The van der Waals surface area contributed by atoms with Crippen molar-refractivity contribution >= 4 is 23.3 Å². The predicted molar refractivity (Wildman–Crippen MR) is 109 cm³/mol. The highest BCUT2D eigenvalue weighted by Crippen LogP contribution is 2.20. The number of furan rings is 1. The molecule has 29 heavy (non-hydrogen) atoms. The Balaban J connectivity index is 1.46. The SMILES string of the molecule is Cc1cc(C(=O)Nc2ccc(N3CCNC(=O)C3)nc2)c(C)n1Cc1ccco1. The molecule has 0 aliphatic carbocycles. The summed E-state index contributed by atoms with van der Waals surface area (Å²) in [7, 11) is 0. The first-order chi connectivity index (χ1) is 14.0. The zero-order chi connectivity index (χ0) is 20.4. The Kier molecular flexibility index (Phi) is 5.07. The average molecular weight is 393 g/mol. The molecule has 1 aliphatic rings. The molecule has 4 heterocycles. The number of rotatable bonds is 5. The molecule has 0 radical (unpaired) electrons. The summed E-state index contributed by atoms with van der Waals surface area (Å²) in [5.74, 6) is 1.36. The van der Waals surface area contributed by atoms with Gasteiger partial charge in [0.05, 0.1) is 36.8 Å². The van der Waals surface area contributed by atoms with Crippen molar-refractivity contribution in [2.75, 3.05) is 29.9 Å². The molecule has 8 nitrogen and oxygen atoms in total. The van der Waals surface area contributed by atoms with Gasteiger partial charge in [0.15, 0.2) is 0 Å². The van der Waals surface area contributed by atoms with Crippen LogP contribution >= 0.6 is 0 Å². The molecule has 1 fully saturated rings. The van der Waals surface area contributed by atoms with Gasteiger partial charge in [-0.3, -0.25) is 9.59 Å². The lowest BCUT2D eigenvalue weighted by molar-refractivity contribution is -0.120. The third kappa shape index (κ3) is 4.01. The molecule has 3 aromatic rings. The van der Waals surface area contributed by atoms with Crippen molar-refractivity contribution in [3.05, 3.63) is 65.5 Å². The smallest absolute Gasteiger partial charge is 0.257 e. The molecule has 4 rings (SSSR count). The van der Waals surface area contributed by atoms with E-state index in [4.69, 9.17) is 4.42 Å². The van der Waals surface area contributed by atoms with Crippen molar-refractivity contribution in [3.8, 4) is 0 Å². The van der Waals surface area contributed by atoms with Crippen LogP contribution in [-0.2, 0) is 11.3 Å². The van der Waals surface area contributed by atoms with Crippen LogP contribution in [0.2, 0.25) is 0 Å². The van der Waals surface area contributed by atoms with E-state index in [9.17, 15) is 9.59 Å². The van der Waals surface area contributed by atoms with Gasteiger partial charge in [-0.15, -0.1) is 0 Å². The van der Waals surface area contributed by atoms with Crippen molar-refractivity contribution in [3.63, 3.8) is 0 Å². The van der Waals surface area contributed by atoms with Crippen LogP contribution in [-0.4, -0.2) is 41.0 Å². The van der Waals surface area contributed by atoms with Crippen LogP contribution in [0.15, 0.2) is 47.2 Å². The second kappa shape index (κ2) is 7.83. The maximum atomic E-state index is 12.8. The van der Waals surface area contributed by atoms with E-state index in [-0.39, 0.29) is 11.8 Å². The number of amides is 2. The summed E-state index contributed by atoms with van der Waals surface area (Å²) in [4.78, 5) is 30.6. The first-order valence-electron chi connectivity index (χ1n) is 9.49. The number of hydrogen-bond donors (Lipinski definition) is 2. The Morgan fingerprint density at radius 2 is 2.17 bits per heavy atom. The van der Waals surface area contributed by atoms with Gasteiger partial charge in [-0.2, -0.15) is 0 Å². The highest BCUT2D eigenvalue weighted by atomic mass is 16.3. The largest absolute Gasteiger partial charge is 0.467 e. The van der Waals surface area contributed by atoms with E-state index < -0.39 is 0 Å². The topological polar surface area (TPSA) is 92.4 Å². The number of nitrogens with zero attached hydrogens (tertiary/aromatic N) is 3. The fourth-order valence-electron chi connectivity index (χ4n) is 3.51. The summed E-state index contributed by atoms with van der Waals surface area (Å²) in [5, 5.41) is 5.69. The van der Waals surface area contributed by atoms with Crippen LogP contribution in [0, 0.1) is 13.8 Å². The van der Waals surface area contributed by atoms with Gasteiger partial charge < -0.3 is 24.5 Å². The van der Waals surface area contributed by atoms with Gasteiger partial charge in [0, 0.05) is 24.5 Å². The number of anilines is 2. The molecule has 0 atom stereocenters. The molecular formula is C21H23N5O3. The van der Waals surface area contributed by atoms with Gasteiger partial charge in [-0.05, 0) is 44.2 Å². The van der Waals surface area contributed by atoms with Crippen molar-refractivity contribution in [2.45, 2.75) is 20.4 Å². The highest BCUT2D eigenvalue weighted by Gasteiger charge is 2.19. The number of carbonyl (C=O) groups is 2. The minimum Gasteiger partial charge on any atom is -0.467 e. The second-order valence-electron chi connectivity index (χ2n) is 7.08. The number of hydrogen-bond acceptors (Lipinski definition) is 5. The minimum atomic E-state index is -0.185. The average Bonchev–Trinajstić information content (AvgIpc) is 3.32. The van der Waals surface area contributed by atoms with E-state index in [1.165, 1.54) is 0 Å². The molecule has 0 saturated carbocycles. The monoisotopic (exact) mass is 393 g/mol. The molecule has 0 spiro atoms. The van der Waals surface area contributed by atoms with Gasteiger partial charge in [0.1, 0.15) is 11.6 Å². The quantitative estimate of drug-likeness (QED) is 0.694. The zero-order valence-corrected chi connectivity index (χ0v) is 16.4. The summed E-state index contributed by atoms with van der Waals surface area (Å²) in [6.45, 7) is 6.09. The first kappa shape index (κ1) is 18.8. The fraction of sp³-hybridized carbons (Fsp3) is 0.286. The van der Waals surface area contributed by atoms with Crippen LogP contribution in [0.3, 0.4) is 0 Å². The number of pyridine rings is 1. The minimum absolute atomic E-state index is 0.0136. The third-order valence-electron chi connectivity index (χ3n) is 5.08. The number of carbonyl (C=O) groups excluding carboxylic acids is 2. The first-order valence-corrected chi connectivity index (χ1v) is 9.49. The van der Waals surface area contributed by atoms with Crippen LogP contribution in [0.4, 0.5) is 11.5 Å². The molecule has 8 heteroatoms. The van der Waals surface area contributed by atoms with E-state index in [2.05, 4.69) is 20.2 Å². The molecule has 0 unspecified atom stereocenters. The van der Waals surface area contributed by atoms with Crippen LogP contribution in [0.1, 0.15) is 27.5 Å². The summed E-state index contributed by atoms with van der Waals surface area (Å²) in [5.41, 5.74) is 3.09.